The number of hydrogen-bond acceptors (Lipinski definition) is 5. The van der Waals surface area contributed by atoms with E-state index < -0.39 is 53.4 Å². The number of carbonyl (C=O) groups excluding carboxylic acids is 4. The number of rotatable bonds is 7. The van der Waals surface area contributed by atoms with Crippen LogP contribution in [-0.2, 0) is 19.2 Å². The molecule has 0 aromatic heterocycles. The highest BCUT2D eigenvalue weighted by atomic mass is 19.4. The highest BCUT2D eigenvalue weighted by Crippen LogP contribution is 2.66. The highest BCUT2D eigenvalue weighted by Gasteiger charge is 2.70. The van der Waals surface area contributed by atoms with E-state index in [9.17, 15) is 37.6 Å². The monoisotopic (exact) mass is 591 g/mol. The van der Waals surface area contributed by atoms with Crippen LogP contribution in [-0.4, -0.2) is 65.9 Å². The first-order chi connectivity index (χ1) is 19.7. The molecule has 6 atom stereocenters. The van der Waals surface area contributed by atoms with Gasteiger partial charge in [-0.1, -0.05) is 13.8 Å². The maximum absolute atomic E-state index is 14.4. The maximum atomic E-state index is 14.4. The lowest BCUT2D eigenvalue weighted by molar-refractivity contribution is -0.179. The fourth-order valence-corrected chi connectivity index (χ4v) is 9.95. The van der Waals surface area contributed by atoms with Gasteiger partial charge in [0, 0.05) is 24.4 Å². The second kappa shape index (κ2) is 10.1. The second-order valence-corrected chi connectivity index (χ2v) is 14.6. The van der Waals surface area contributed by atoms with Crippen molar-refractivity contribution in [2.45, 2.75) is 95.9 Å². The lowest BCUT2D eigenvalue weighted by atomic mass is 9.47. The molecule has 230 valence electrons. The Morgan fingerprint density at radius 2 is 1.71 bits per heavy atom. The number of nitrogens with zero attached hydrogens (tertiary/aromatic N) is 2. The van der Waals surface area contributed by atoms with E-state index in [0.29, 0.717) is 50.0 Å². The van der Waals surface area contributed by atoms with E-state index in [4.69, 9.17) is 0 Å². The Balaban J connectivity index is 1.26. The fraction of sp³-hybridized carbons (Fsp3) is 0.833. The van der Waals surface area contributed by atoms with Crippen LogP contribution in [0.4, 0.5) is 13.2 Å². The topological polar surface area (TPSA) is 131 Å². The van der Waals surface area contributed by atoms with Crippen molar-refractivity contribution < 1.29 is 32.3 Å². The van der Waals surface area contributed by atoms with Gasteiger partial charge in [0.15, 0.2) is 0 Å². The molecule has 5 saturated carbocycles. The average molecular weight is 592 g/mol. The van der Waals surface area contributed by atoms with Gasteiger partial charge in [0.1, 0.15) is 18.1 Å². The summed E-state index contributed by atoms with van der Waals surface area (Å²) in [6, 6.07) is -1.21. The van der Waals surface area contributed by atoms with Crippen molar-refractivity contribution in [1.82, 2.24) is 20.9 Å². The molecule has 3 N–H and O–H groups in total. The number of alkyl halides is 3. The van der Waals surface area contributed by atoms with Crippen molar-refractivity contribution >= 4 is 23.6 Å². The lowest BCUT2D eigenvalue weighted by Crippen LogP contribution is -2.65. The molecular formula is C30H40F3N5O4. The van der Waals surface area contributed by atoms with E-state index in [0.717, 1.165) is 25.7 Å². The third-order valence-corrected chi connectivity index (χ3v) is 11.6. The summed E-state index contributed by atoms with van der Waals surface area (Å²) in [7, 11) is 0. The minimum absolute atomic E-state index is 0.0165. The van der Waals surface area contributed by atoms with Gasteiger partial charge < -0.3 is 20.9 Å². The van der Waals surface area contributed by atoms with Crippen LogP contribution in [0, 0.1) is 57.7 Å². The Labute approximate surface area is 243 Å². The summed E-state index contributed by atoms with van der Waals surface area (Å²) < 4.78 is 40.6. The molecule has 5 aliphatic carbocycles. The summed E-state index contributed by atoms with van der Waals surface area (Å²) in [6.07, 6.45) is 1.20. The summed E-state index contributed by atoms with van der Waals surface area (Å²) in [5.41, 5.74) is -1.02. The molecule has 0 radical (unpaired) electrons. The summed E-state index contributed by atoms with van der Waals surface area (Å²) >= 11 is 0. The number of nitrogens with one attached hydrogen (secondary N) is 3. The van der Waals surface area contributed by atoms with Gasteiger partial charge in [-0.15, -0.1) is 0 Å². The summed E-state index contributed by atoms with van der Waals surface area (Å²) in [5, 5.41) is 17.5. The number of amides is 4. The van der Waals surface area contributed by atoms with Gasteiger partial charge in [-0.25, -0.2) is 0 Å². The van der Waals surface area contributed by atoms with Gasteiger partial charge >= 0.3 is 12.1 Å². The number of piperidine rings is 2. The van der Waals surface area contributed by atoms with Crippen LogP contribution in [0.25, 0.3) is 0 Å². The Morgan fingerprint density at radius 3 is 2.26 bits per heavy atom. The van der Waals surface area contributed by atoms with E-state index in [1.54, 1.807) is 0 Å². The van der Waals surface area contributed by atoms with Crippen LogP contribution in [0.5, 0.6) is 0 Å². The van der Waals surface area contributed by atoms with Gasteiger partial charge in [-0.3, -0.25) is 19.2 Å². The van der Waals surface area contributed by atoms with Gasteiger partial charge in [0.05, 0.1) is 6.07 Å². The highest BCUT2D eigenvalue weighted by molar-refractivity contribution is 5.95. The van der Waals surface area contributed by atoms with E-state index in [1.165, 1.54) is 4.90 Å². The number of halogens is 3. The van der Waals surface area contributed by atoms with E-state index >= 15 is 0 Å². The first-order valence-electron chi connectivity index (χ1n) is 15.4. The van der Waals surface area contributed by atoms with Crippen LogP contribution in [0.3, 0.4) is 0 Å². The molecule has 0 spiro atoms. The van der Waals surface area contributed by atoms with Crippen molar-refractivity contribution in [1.29, 1.82) is 5.26 Å². The first kappa shape index (κ1) is 29.2. The number of likely N-dealkylation sites (tertiary alicyclic amines) is 1. The molecule has 4 amide bonds. The zero-order chi connectivity index (χ0) is 30.2. The molecule has 2 unspecified atom stereocenters. The summed E-state index contributed by atoms with van der Waals surface area (Å²) in [5.74, 6) is -3.10. The normalized spacial score (nSPS) is 39.0. The minimum atomic E-state index is -5.14. The van der Waals surface area contributed by atoms with E-state index in [-0.39, 0.29) is 36.1 Å². The predicted octanol–water partition coefficient (Wildman–Crippen LogP) is 2.66. The maximum Gasteiger partial charge on any atom is 0.471 e. The third-order valence-electron chi connectivity index (χ3n) is 11.6. The molecule has 2 saturated heterocycles. The van der Waals surface area contributed by atoms with Gasteiger partial charge in [0.25, 0.3) is 0 Å². The van der Waals surface area contributed by atoms with Crippen LogP contribution < -0.4 is 16.0 Å². The molecule has 7 aliphatic rings. The van der Waals surface area contributed by atoms with Crippen LogP contribution in [0.15, 0.2) is 0 Å². The fourth-order valence-electron chi connectivity index (χ4n) is 9.95. The Hall–Kier alpha value is -2.84. The molecule has 2 heterocycles. The SMILES string of the molecule is CC1(C)[C@@H]2[C@@H](C(=O)N[C@H](C#N)CC3CCCNC3=O)N(C(=O)C(NC(=O)C(F)(F)F)C34CC5CC(CC(C5)C3)C4)C[C@@H]21. The van der Waals surface area contributed by atoms with Gasteiger partial charge in [-0.05, 0) is 92.8 Å². The third kappa shape index (κ3) is 4.94. The second-order valence-electron chi connectivity index (χ2n) is 14.6. The predicted molar refractivity (Wildman–Crippen MR) is 143 cm³/mol. The number of hydrogen-bond donors (Lipinski definition) is 3. The molecule has 7 rings (SSSR count). The smallest absolute Gasteiger partial charge is 0.356 e. The number of nitriles is 1. The summed E-state index contributed by atoms with van der Waals surface area (Å²) in [6.45, 7) is 4.79. The van der Waals surface area contributed by atoms with Crippen molar-refractivity contribution in [3.63, 3.8) is 0 Å². The molecule has 9 nitrogen and oxygen atoms in total. The van der Waals surface area contributed by atoms with Crippen molar-refractivity contribution in [3.05, 3.63) is 0 Å². The van der Waals surface area contributed by atoms with Crippen LogP contribution in [0.2, 0.25) is 0 Å². The molecule has 2 aliphatic heterocycles. The molecule has 4 bridgehead atoms. The summed E-state index contributed by atoms with van der Waals surface area (Å²) in [4.78, 5) is 54.2. The molecule has 42 heavy (non-hydrogen) atoms. The number of fused-ring (bicyclic) bond motifs is 1. The molecule has 0 aromatic rings. The largest absolute Gasteiger partial charge is 0.471 e. The van der Waals surface area contributed by atoms with Gasteiger partial charge in [-0.2, -0.15) is 18.4 Å². The molecule has 7 fully saturated rings. The zero-order valence-electron chi connectivity index (χ0n) is 24.1. The minimum Gasteiger partial charge on any atom is -0.356 e. The van der Waals surface area contributed by atoms with Crippen molar-refractivity contribution in [3.8, 4) is 6.07 Å². The van der Waals surface area contributed by atoms with Crippen molar-refractivity contribution in [2.24, 2.45) is 46.3 Å². The van der Waals surface area contributed by atoms with Gasteiger partial charge in [0.2, 0.25) is 17.7 Å². The van der Waals surface area contributed by atoms with E-state index in [1.807, 2.05) is 13.8 Å². The first-order valence-corrected chi connectivity index (χ1v) is 15.4. The Kier molecular flexibility index (Phi) is 7.05. The zero-order valence-corrected chi connectivity index (χ0v) is 24.1. The van der Waals surface area contributed by atoms with Crippen molar-refractivity contribution in [2.75, 3.05) is 13.1 Å². The van der Waals surface area contributed by atoms with E-state index in [2.05, 4.69) is 22.0 Å². The van der Waals surface area contributed by atoms with Crippen LogP contribution >= 0.6 is 0 Å². The number of carbonyl (C=O) groups is 4. The Bertz CT molecular complexity index is 1180. The Morgan fingerprint density at radius 1 is 1.10 bits per heavy atom. The van der Waals surface area contributed by atoms with Crippen LogP contribution in [0.1, 0.15) is 71.6 Å². The lowest BCUT2D eigenvalue weighted by Gasteiger charge is -2.59. The molecule has 0 aromatic carbocycles. The molecule has 12 heteroatoms. The molecular weight excluding hydrogens is 551 g/mol. The average Bonchev–Trinajstić information content (AvgIpc) is 3.23. The standard InChI is InChI=1S/C30H40F3N5O4/c1-28(2)20-14-38(22(21(20)28)25(40)36-19(13-34)9-18-4-3-5-35-24(18)39)26(41)23(37-27(42)30(31,32)33)29-10-15-6-16(11-29)8-17(7-15)12-29/h15-23H,3-12,14H2,1-2H3,(H,35,39)(H,36,40)(H,37,42)/t15?,16?,17?,18?,19-,20-,21-,22-,23?,29?/m0/s1. The quantitative estimate of drug-likeness (QED) is 0.419.